The predicted octanol–water partition coefficient (Wildman–Crippen LogP) is 3.63. The minimum absolute atomic E-state index is 0.435. The van der Waals surface area contributed by atoms with E-state index in [1.165, 1.54) is 16.7 Å². The molecule has 2 aromatic carbocycles. The van der Waals surface area contributed by atoms with Gasteiger partial charge in [0.25, 0.3) is 0 Å². The molecule has 0 radical (unpaired) electrons. The molecule has 112 valence electrons. The Morgan fingerprint density at radius 2 is 1.62 bits per heavy atom. The van der Waals surface area contributed by atoms with Gasteiger partial charge in [-0.2, -0.15) is 0 Å². The van der Waals surface area contributed by atoms with Crippen molar-refractivity contribution < 1.29 is 4.74 Å². The SMILES string of the molecule is CCc1ccc(CC(Cc2cccc(OC)c2)NC)cc1. The lowest BCUT2D eigenvalue weighted by Crippen LogP contribution is -2.29. The van der Waals surface area contributed by atoms with Crippen LogP contribution in [0.1, 0.15) is 23.6 Å². The average molecular weight is 283 g/mol. The summed E-state index contributed by atoms with van der Waals surface area (Å²) in [5.74, 6) is 0.926. The molecule has 2 nitrogen and oxygen atoms in total. The van der Waals surface area contributed by atoms with E-state index in [9.17, 15) is 0 Å². The van der Waals surface area contributed by atoms with Crippen LogP contribution in [0.3, 0.4) is 0 Å². The van der Waals surface area contributed by atoms with Gasteiger partial charge in [0, 0.05) is 6.04 Å². The molecule has 0 saturated carbocycles. The molecule has 0 aromatic heterocycles. The highest BCUT2D eigenvalue weighted by Gasteiger charge is 2.09. The van der Waals surface area contributed by atoms with Crippen molar-refractivity contribution in [1.82, 2.24) is 5.32 Å². The summed E-state index contributed by atoms with van der Waals surface area (Å²) in [4.78, 5) is 0. The Hall–Kier alpha value is -1.80. The molecule has 2 rings (SSSR count). The van der Waals surface area contributed by atoms with Crippen LogP contribution in [-0.4, -0.2) is 20.2 Å². The van der Waals surface area contributed by atoms with E-state index in [-0.39, 0.29) is 0 Å². The van der Waals surface area contributed by atoms with Gasteiger partial charge in [-0.05, 0) is 55.1 Å². The minimum atomic E-state index is 0.435. The number of rotatable bonds is 7. The third-order valence-corrected chi connectivity index (χ3v) is 3.94. The molecule has 0 aliphatic rings. The highest BCUT2D eigenvalue weighted by Crippen LogP contribution is 2.16. The van der Waals surface area contributed by atoms with Crippen LogP contribution in [0.4, 0.5) is 0 Å². The van der Waals surface area contributed by atoms with Crippen LogP contribution in [0.2, 0.25) is 0 Å². The van der Waals surface area contributed by atoms with Gasteiger partial charge >= 0.3 is 0 Å². The lowest BCUT2D eigenvalue weighted by atomic mass is 9.98. The Balaban J connectivity index is 2.01. The van der Waals surface area contributed by atoms with Crippen LogP contribution in [-0.2, 0) is 19.3 Å². The fraction of sp³-hybridized carbons (Fsp3) is 0.368. The number of aryl methyl sites for hydroxylation is 1. The fourth-order valence-electron chi connectivity index (χ4n) is 2.56. The van der Waals surface area contributed by atoms with Crippen LogP contribution in [0, 0.1) is 0 Å². The van der Waals surface area contributed by atoms with Gasteiger partial charge in [0.15, 0.2) is 0 Å². The van der Waals surface area contributed by atoms with Crippen molar-refractivity contribution >= 4 is 0 Å². The quantitative estimate of drug-likeness (QED) is 0.838. The van der Waals surface area contributed by atoms with Crippen LogP contribution < -0.4 is 10.1 Å². The van der Waals surface area contributed by atoms with Gasteiger partial charge in [0.05, 0.1) is 7.11 Å². The third kappa shape index (κ3) is 4.61. The molecule has 0 fully saturated rings. The van der Waals surface area contributed by atoms with Crippen molar-refractivity contribution in [2.75, 3.05) is 14.2 Å². The molecule has 2 heteroatoms. The zero-order valence-corrected chi connectivity index (χ0v) is 13.2. The summed E-state index contributed by atoms with van der Waals surface area (Å²) in [6.45, 7) is 2.19. The zero-order valence-electron chi connectivity index (χ0n) is 13.2. The molecule has 0 bridgehead atoms. The van der Waals surface area contributed by atoms with Gasteiger partial charge in [-0.3, -0.25) is 0 Å². The fourth-order valence-corrected chi connectivity index (χ4v) is 2.56. The molecule has 1 N–H and O–H groups in total. The molecule has 21 heavy (non-hydrogen) atoms. The molecule has 0 aliphatic carbocycles. The largest absolute Gasteiger partial charge is 0.497 e. The van der Waals surface area contributed by atoms with Gasteiger partial charge < -0.3 is 10.1 Å². The molecule has 0 heterocycles. The normalized spacial score (nSPS) is 12.1. The summed E-state index contributed by atoms with van der Waals surface area (Å²) in [5, 5.41) is 3.42. The van der Waals surface area contributed by atoms with E-state index in [4.69, 9.17) is 4.74 Å². The standard InChI is InChI=1S/C19H25NO/c1-4-15-8-10-16(11-9-15)12-18(20-2)13-17-6-5-7-19(14-17)21-3/h5-11,14,18,20H,4,12-13H2,1-3H3. The molecule has 0 spiro atoms. The van der Waals surface area contributed by atoms with Crippen LogP contribution in [0.5, 0.6) is 5.75 Å². The van der Waals surface area contributed by atoms with Crippen molar-refractivity contribution in [2.45, 2.75) is 32.2 Å². The minimum Gasteiger partial charge on any atom is -0.497 e. The van der Waals surface area contributed by atoms with Gasteiger partial charge in [0.1, 0.15) is 5.75 Å². The van der Waals surface area contributed by atoms with E-state index in [1.807, 2.05) is 13.1 Å². The Kier molecular flexibility index (Phi) is 5.82. The molecule has 1 unspecified atom stereocenters. The number of ether oxygens (including phenoxy) is 1. The van der Waals surface area contributed by atoms with Gasteiger partial charge in [-0.15, -0.1) is 0 Å². The average Bonchev–Trinajstić information content (AvgIpc) is 2.55. The maximum absolute atomic E-state index is 5.29. The molecule has 2 aromatic rings. The number of likely N-dealkylation sites (N-methyl/N-ethyl adjacent to an activating group) is 1. The molecular formula is C19H25NO. The van der Waals surface area contributed by atoms with Gasteiger partial charge in [0.2, 0.25) is 0 Å². The summed E-state index contributed by atoms with van der Waals surface area (Å²) >= 11 is 0. The zero-order chi connectivity index (χ0) is 15.1. The van der Waals surface area contributed by atoms with Crippen molar-refractivity contribution in [3.8, 4) is 5.75 Å². The molecule has 0 saturated heterocycles. The summed E-state index contributed by atoms with van der Waals surface area (Å²) < 4.78 is 5.29. The predicted molar refractivity (Wildman–Crippen MR) is 89.1 cm³/mol. The summed E-state index contributed by atoms with van der Waals surface area (Å²) in [5.41, 5.74) is 4.08. The highest BCUT2D eigenvalue weighted by molar-refractivity contribution is 5.29. The Labute approximate surface area is 128 Å². The number of hydrogen-bond acceptors (Lipinski definition) is 2. The number of hydrogen-bond donors (Lipinski definition) is 1. The summed E-state index contributed by atoms with van der Waals surface area (Å²) in [6.07, 6.45) is 3.14. The Morgan fingerprint density at radius 1 is 0.952 bits per heavy atom. The van der Waals surface area contributed by atoms with Crippen LogP contribution >= 0.6 is 0 Å². The second-order valence-corrected chi connectivity index (χ2v) is 5.42. The van der Waals surface area contributed by atoms with Crippen LogP contribution in [0.25, 0.3) is 0 Å². The Morgan fingerprint density at radius 3 is 2.24 bits per heavy atom. The van der Waals surface area contributed by atoms with E-state index in [0.29, 0.717) is 6.04 Å². The first kappa shape index (κ1) is 15.6. The molecule has 0 aliphatic heterocycles. The van der Waals surface area contributed by atoms with E-state index in [1.54, 1.807) is 7.11 Å². The monoisotopic (exact) mass is 283 g/mol. The first-order valence-electron chi connectivity index (χ1n) is 7.63. The van der Waals surface area contributed by atoms with Crippen molar-refractivity contribution in [3.05, 3.63) is 65.2 Å². The smallest absolute Gasteiger partial charge is 0.119 e. The molecule has 1 atom stereocenters. The number of benzene rings is 2. The maximum atomic E-state index is 5.29. The number of nitrogens with one attached hydrogen (secondary N) is 1. The van der Waals surface area contributed by atoms with Crippen molar-refractivity contribution in [3.63, 3.8) is 0 Å². The van der Waals surface area contributed by atoms with Gasteiger partial charge in [-0.25, -0.2) is 0 Å². The molecule has 0 amide bonds. The number of methoxy groups -OCH3 is 1. The first-order chi connectivity index (χ1) is 10.2. The summed E-state index contributed by atoms with van der Waals surface area (Å²) in [7, 11) is 3.75. The first-order valence-corrected chi connectivity index (χ1v) is 7.63. The topological polar surface area (TPSA) is 21.3 Å². The lowest BCUT2D eigenvalue weighted by molar-refractivity contribution is 0.414. The third-order valence-electron chi connectivity index (χ3n) is 3.94. The maximum Gasteiger partial charge on any atom is 0.119 e. The summed E-state index contributed by atoms with van der Waals surface area (Å²) in [6, 6.07) is 17.7. The van der Waals surface area contributed by atoms with E-state index in [0.717, 1.165) is 25.0 Å². The lowest BCUT2D eigenvalue weighted by Gasteiger charge is -2.17. The second kappa shape index (κ2) is 7.84. The molecular weight excluding hydrogens is 258 g/mol. The highest BCUT2D eigenvalue weighted by atomic mass is 16.5. The van der Waals surface area contributed by atoms with Crippen molar-refractivity contribution in [2.24, 2.45) is 0 Å². The van der Waals surface area contributed by atoms with Crippen molar-refractivity contribution in [1.29, 1.82) is 0 Å². The van der Waals surface area contributed by atoms with E-state index in [2.05, 4.69) is 54.7 Å². The van der Waals surface area contributed by atoms with Gasteiger partial charge in [-0.1, -0.05) is 43.3 Å². The van der Waals surface area contributed by atoms with E-state index < -0.39 is 0 Å². The Bertz CT molecular complexity index is 548. The van der Waals surface area contributed by atoms with Crippen LogP contribution in [0.15, 0.2) is 48.5 Å². The van der Waals surface area contributed by atoms with E-state index >= 15 is 0 Å². The second-order valence-electron chi connectivity index (χ2n) is 5.42.